The zero-order chi connectivity index (χ0) is 21.8. The van der Waals surface area contributed by atoms with Crippen LogP contribution in [0.1, 0.15) is 12.0 Å². The first-order chi connectivity index (χ1) is 13.5. The van der Waals surface area contributed by atoms with Crippen LogP contribution in [-0.2, 0) is 30.1 Å². The maximum atomic E-state index is 12.9. The molecule has 0 spiro atoms. The lowest BCUT2D eigenvalue weighted by molar-refractivity contribution is -0.155. The van der Waals surface area contributed by atoms with Gasteiger partial charge in [0.25, 0.3) is 5.91 Å². The molecule has 2 rings (SSSR count). The van der Waals surface area contributed by atoms with Gasteiger partial charge >= 0.3 is 12.1 Å². The zero-order valence-corrected chi connectivity index (χ0v) is 15.8. The van der Waals surface area contributed by atoms with Gasteiger partial charge in [0.15, 0.2) is 6.61 Å². The van der Waals surface area contributed by atoms with Crippen molar-refractivity contribution in [1.29, 1.82) is 0 Å². The van der Waals surface area contributed by atoms with E-state index in [2.05, 4.69) is 5.32 Å². The summed E-state index contributed by atoms with van der Waals surface area (Å²) in [7, 11) is 2.77. The number of carbonyl (C=O) groups is 4. The predicted octanol–water partition coefficient (Wildman–Crippen LogP) is 0.806. The number of halogens is 3. The highest BCUT2D eigenvalue weighted by Crippen LogP contribution is 2.33. The van der Waals surface area contributed by atoms with E-state index in [9.17, 15) is 32.3 Å². The van der Waals surface area contributed by atoms with Gasteiger partial charge < -0.3 is 19.9 Å². The average molecular weight is 415 g/mol. The summed E-state index contributed by atoms with van der Waals surface area (Å²) in [6, 6.07) is 4.25. The minimum Gasteiger partial charge on any atom is -0.455 e. The molecule has 1 saturated heterocycles. The smallest absolute Gasteiger partial charge is 0.416 e. The minimum atomic E-state index is -4.56. The van der Waals surface area contributed by atoms with Crippen molar-refractivity contribution in [2.75, 3.05) is 38.7 Å². The zero-order valence-electron chi connectivity index (χ0n) is 15.8. The largest absolute Gasteiger partial charge is 0.455 e. The van der Waals surface area contributed by atoms with Gasteiger partial charge in [-0.2, -0.15) is 13.2 Å². The first-order valence-corrected chi connectivity index (χ1v) is 8.61. The van der Waals surface area contributed by atoms with E-state index >= 15 is 0 Å². The quantitative estimate of drug-likeness (QED) is 0.694. The molecule has 29 heavy (non-hydrogen) atoms. The number of likely N-dealkylation sites (N-methyl/N-ethyl adjacent to an activating group) is 2. The molecule has 0 unspecified atom stereocenters. The van der Waals surface area contributed by atoms with Crippen molar-refractivity contribution < 1.29 is 37.1 Å². The van der Waals surface area contributed by atoms with Crippen LogP contribution in [0.2, 0.25) is 0 Å². The third-order valence-electron chi connectivity index (χ3n) is 4.37. The number of nitrogens with zero attached hydrogens (tertiary/aromatic N) is 2. The van der Waals surface area contributed by atoms with Gasteiger partial charge in [-0.25, -0.2) is 0 Å². The maximum Gasteiger partial charge on any atom is 0.416 e. The Kier molecular flexibility index (Phi) is 6.83. The Morgan fingerprint density at radius 3 is 2.62 bits per heavy atom. The summed E-state index contributed by atoms with van der Waals surface area (Å²) in [5.74, 6) is -3.25. The van der Waals surface area contributed by atoms with Crippen molar-refractivity contribution in [2.45, 2.75) is 12.6 Å². The van der Waals surface area contributed by atoms with Crippen LogP contribution < -0.4 is 10.2 Å². The Balaban J connectivity index is 1.95. The first-order valence-electron chi connectivity index (χ1n) is 8.61. The molecule has 0 aromatic heterocycles. The molecule has 1 aliphatic heterocycles. The first kappa shape index (κ1) is 22.2. The third-order valence-corrected chi connectivity index (χ3v) is 4.37. The van der Waals surface area contributed by atoms with Crippen LogP contribution >= 0.6 is 0 Å². The fourth-order valence-electron chi connectivity index (χ4n) is 2.71. The Morgan fingerprint density at radius 1 is 1.31 bits per heavy atom. The summed E-state index contributed by atoms with van der Waals surface area (Å²) in [5, 5.41) is 2.34. The van der Waals surface area contributed by atoms with Gasteiger partial charge in [-0.3, -0.25) is 19.2 Å². The molecule has 1 N–H and O–H groups in total. The number of nitrogens with one attached hydrogen (secondary N) is 1. The average Bonchev–Trinajstić information content (AvgIpc) is 3.06. The van der Waals surface area contributed by atoms with Crippen molar-refractivity contribution in [3.8, 4) is 0 Å². The molecular weight excluding hydrogens is 395 g/mol. The van der Waals surface area contributed by atoms with Gasteiger partial charge in [0.2, 0.25) is 11.8 Å². The summed E-state index contributed by atoms with van der Waals surface area (Å²) < 4.78 is 43.5. The fourth-order valence-corrected chi connectivity index (χ4v) is 2.71. The number of hydrogen-bond acceptors (Lipinski definition) is 5. The van der Waals surface area contributed by atoms with Crippen molar-refractivity contribution in [3.63, 3.8) is 0 Å². The molecule has 8 nitrogen and oxygen atoms in total. The number of amides is 3. The molecular formula is C18H20F3N3O5. The number of rotatable bonds is 6. The van der Waals surface area contributed by atoms with E-state index < -0.39 is 48.0 Å². The normalized spacial score (nSPS) is 16.5. The van der Waals surface area contributed by atoms with E-state index in [1.54, 1.807) is 0 Å². The number of esters is 1. The second-order valence-corrected chi connectivity index (χ2v) is 6.48. The van der Waals surface area contributed by atoms with Crippen LogP contribution in [0.25, 0.3) is 0 Å². The summed E-state index contributed by atoms with van der Waals surface area (Å²) >= 11 is 0. The number of benzene rings is 1. The fraction of sp³-hybridized carbons (Fsp3) is 0.444. The molecule has 1 fully saturated rings. The molecule has 0 radical (unpaired) electrons. The molecule has 1 aromatic rings. The van der Waals surface area contributed by atoms with E-state index in [0.29, 0.717) is 0 Å². The van der Waals surface area contributed by atoms with Crippen LogP contribution in [0, 0.1) is 5.92 Å². The van der Waals surface area contributed by atoms with E-state index in [4.69, 9.17) is 4.74 Å². The van der Waals surface area contributed by atoms with Crippen molar-refractivity contribution >= 4 is 29.4 Å². The number of anilines is 1. The molecule has 1 aliphatic rings. The van der Waals surface area contributed by atoms with E-state index in [0.717, 1.165) is 21.9 Å². The van der Waals surface area contributed by atoms with Gasteiger partial charge in [0, 0.05) is 32.7 Å². The monoisotopic (exact) mass is 415 g/mol. The molecule has 0 saturated carbocycles. The third kappa shape index (κ3) is 5.69. The Morgan fingerprint density at radius 2 is 2.00 bits per heavy atom. The topological polar surface area (TPSA) is 96.0 Å². The van der Waals surface area contributed by atoms with Crippen molar-refractivity contribution in [2.24, 2.45) is 5.92 Å². The Hall–Kier alpha value is -3.11. The number of carbonyl (C=O) groups excluding carboxylic acids is 4. The second-order valence-electron chi connectivity index (χ2n) is 6.48. The number of ether oxygens (including phenoxy) is 1. The number of hydrogen-bond donors (Lipinski definition) is 1. The number of alkyl halides is 3. The second kappa shape index (κ2) is 8.93. The Bertz CT molecular complexity index is 812. The van der Waals surface area contributed by atoms with Crippen LogP contribution in [-0.4, -0.2) is 62.4 Å². The van der Waals surface area contributed by atoms with E-state index in [-0.39, 0.29) is 25.2 Å². The summed E-state index contributed by atoms with van der Waals surface area (Å²) in [4.78, 5) is 49.6. The van der Waals surface area contributed by atoms with Crippen molar-refractivity contribution in [3.05, 3.63) is 29.8 Å². The highest BCUT2D eigenvalue weighted by Gasteiger charge is 2.38. The van der Waals surface area contributed by atoms with Crippen LogP contribution in [0.3, 0.4) is 0 Å². The Labute approximate surface area is 164 Å². The molecule has 0 bridgehead atoms. The molecule has 158 valence electrons. The molecule has 1 heterocycles. The van der Waals surface area contributed by atoms with Crippen LogP contribution in [0.15, 0.2) is 24.3 Å². The van der Waals surface area contributed by atoms with Crippen LogP contribution in [0.4, 0.5) is 18.9 Å². The highest BCUT2D eigenvalue weighted by molar-refractivity contribution is 5.99. The van der Waals surface area contributed by atoms with Gasteiger partial charge in [0.1, 0.15) is 0 Å². The molecule has 11 heteroatoms. The molecule has 0 aliphatic carbocycles. The van der Waals surface area contributed by atoms with E-state index in [1.807, 2.05) is 0 Å². The summed E-state index contributed by atoms with van der Waals surface area (Å²) in [6.07, 6.45) is -4.80. The SMILES string of the molecule is CNC(=O)CN(C)C(=O)COC(=O)[C@H]1CC(=O)N(c2cccc(C(F)(F)F)c2)C1. The predicted molar refractivity (Wildman–Crippen MR) is 94.6 cm³/mol. The molecule has 3 amide bonds. The summed E-state index contributed by atoms with van der Waals surface area (Å²) in [6.45, 7) is -0.972. The lowest BCUT2D eigenvalue weighted by Gasteiger charge is -2.18. The maximum absolute atomic E-state index is 12.9. The lowest BCUT2D eigenvalue weighted by atomic mass is 10.1. The minimum absolute atomic E-state index is 0.0292. The van der Waals surface area contributed by atoms with Crippen molar-refractivity contribution in [1.82, 2.24) is 10.2 Å². The lowest BCUT2D eigenvalue weighted by Crippen LogP contribution is -2.39. The van der Waals surface area contributed by atoms with Gasteiger partial charge in [-0.1, -0.05) is 6.07 Å². The van der Waals surface area contributed by atoms with E-state index in [1.165, 1.54) is 26.2 Å². The highest BCUT2D eigenvalue weighted by atomic mass is 19.4. The van der Waals surface area contributed by atoms with Gasteiger partial charge in [0.05, 0.1) is 18.0 Å². The van der Waals surface area contributed by atoms with Crippen LogP contribution in [0.5, 0.6) is 0 Å². The summed E-state index contributed by atoms with van der Waals surface area (Å²) in [5.41, 5.74) is -0.875. The molecule has 1 aromatic carbocycles. The van der Waals surface area contributed by atoms with Gasteiger partial charge in [-0.05, 0) is 18.2 Å². The van der Waals surface area contributed by atoms with Gasteiger partial charge in [-0.15, -0.1) is 0 Å². The molecule has 1 atom stereocenters. The standard InChI is InChI=1S/C18H20F3N3O5/c1-22-14(25)9-23(2)16(27)10-29-17(28)11-6-15(26)24(8-11)13-5-3-4-12(7-13)18(19,20)21/h3-5,7,11H,6,8-10H2,1-2H3,(H,22,25)/t11-/m0/s1.